The lowest BCUT2D eigenvalue weighted by atomic mass is 10.0. The Morgan fingerprint density at radius 1 is 1.03 bits per heavy atom. The summed E-state index contributed by atoms with van der Waals surface area (Å²) in [7, 11) is -7.64. The largest absolute Gasteiger partial charge is 0.280 e. The van der Waals surface area contributed by atoms with Crippen LogP contribution in [0.15, 0.2) is 69.1 Å². The molecule has 9 nitrogen and oxygen atoms in total. The predicted octanol–water partition coefficient (Wildman–Crippen LogP) is 3.60. The molecule has 3 aromatic rings. The number of nitrogens with zero attached hydrogens (tertiary/aromatic N) is 2. The Kier molecular flexibility index (Phi) is 5.45. The van der Waals surface area contributed by atoms with E-state index in [0.29, 0.717) is 25.1 Å². The van der Waals surface area contributed by atoms with Crippen LogP contribution in [0.5, 0.6) is 0 Å². The Morgan fingerprint density at radius 2 is 1.77 bits per heavy atom. The molecule has 0 aliphatic carbocycles. The van der Waals surface area contributed by atoms with Crippen molar-refractivity contribution < 1.29 is 21.8 Å². The highest BCUT2D eigenvalue weighted by atomic mass is 32.2. The van der Waals surface area contributed by atoms with E-state index in [2.05, 4.69) is 4.72 Å². The Balaban J connectivity index is 1.62. The van der Waals surface area contributed by atoms with Crippen LogP contribution in [0.2, 0.25) is 0 Å². The quantitative estimate of drug-likeness (QED) is 0.425. The Bertz CT molecular complexity index is 1340. The fourth-order valence-corrected chi connectivity index (χ4v) is 7.05. The van der Waals surface area contributed by atoms with Gasteiger partial charge in [0.2, 0.25) is 0 Å². The van der Waals surface area contributed by atoms with Crippen LogP contribution in [-0.2, 0) is 26.5 Å². The lowest BCUT2D eigenvalue weighted by Gasteiger charge is -2.30. The monoisotopic (exact) mass is 479 g/mol. The second kappa shape index (κ2) is 7.94. The van der Waals surface area contributed by atoms with E-state index < -0.39 is 25.0 Å². The molecule has 0 unspecified atom stereocenters. The molecule has 1 N–H and O–H groups in total. The van der Waals surface area contributed by atoms with Crippen LogP contribution in [-0.4, -0.2) is 28.3 Å². The number of thiophene rings is 1. The van der Waals surface area contributed by atoms with E-state index in [9.17, 15) is 26.9 Å². The number of hydrogen-bond donors (Lipinski definition) is 1. The maximum Gasteiger partial charge on any atom is 0.273 e. The highest BCUT2D eigenvalue weighted by Crippen LogP contribution is 2.35. The maximum absolute atomic E-state index is 13.0. The molecule has 1 aliphatic heterocycles. The van der Waals surface area contributed by atoms with Crippen LogP contribution >= 0.6 is 11.3 Å². The van der Waals surface area contributed by atoms with Crippen LogP contribution in [0.4, 0.5) is 17.1 Å². The highest BCUT2D eigenvalue weighted by molar-refractivity contribution is 7.94. The van der Waals surface area contributed by atoms with Crippen molar-refractivity contribution in [2.45, 2.75) is 21.9 Å². The minimum Gasteiger partial charge on any atom is -0.280 e. The first-order chi connectivity index (χ1) is 14.7. The summed E-state index contributed by atoms with van der Waals surface area (Å²) in [6.07, 6.45) is 1.22. The second-order valence-electron chi connectivity index (χ2n) is 6.81. The number of anilines is 2. The van der Waals surface area contributed by atoms with Crippen molar-refractivity contribution in [1.29, 1.82) is 0 Å². The zero-order chi connectivity index (χ0) is 22.2. The standard InChI is InChI=1S/C19H17N3O6S3/c23-22(24)16-6-8-17(9-7-16)30(25,26)20-15-5-10-18-14(13-15)3-1-11-21(18)31(27,28)19-4-2-12-29-19/h2,4-10,12-13,20H,1,3,11H2. The Labute approximate surface area is 183 Å². The Morgan fingerprint density at radius 3 is 2.42 bits per heavy atom. The third kappa shape index (κ3) is 4.13. The fraction of sp³-hybridized carbons (Fsp3) is 0.158. The average Bonchev–Trinajstić information content (AvgIpc) is 3.29. The molecular formula is C19H17N3O6S3. The van der Waals surface area contributed by atoms with Crippen molar-refractivity contribution >= 4 is 48.4 Å². The van der Waals surface area contributed by atoms with E-state index in [1.165, 1.54) is 10.4 Å². The van der Waals surface area contributed by atoms with Crippen molar-refractivity contribution in [3.05, 3.63) is 75.7 Å². The summed E-state index contributed by atoms with van der Waals surface area (Å²) in [6, 6.07) is 12.5. The summed E-state index contributed by atoms with van der Waals surface area (Å²) in [5, 5.41) is 12.5. The number of benzene rings is 2. The molecule has 0 saturated carbocycles. The number of nitrogens with one attached hydrogen (secondary N) is 1. The van der Waals surface area contributed by atoms with E-state index in [4.69, 9.17) is 0 Å². The number of fused-ring (bicyclic) bond motifs is 1. The molecule has 0 fully saturated rings. The molecule has 12 heteroatoms. The molecule has 4 rings (SSSR count). The molecule has 1 aliphatic rings. The number of non-ortho nitro benzene ring substituents is 1. The third-order valence-electron chi connectivity index (χ3n) is 4.81. The van der Waals surface area contributed by atoms with E-state index in [-0.39, 0.29) is 20.5 Å². The van der Waals surface area contributed by atoms with E-state index >= 15 is 0 Å². The fourth-order valence-electron chi connectivity index (χ4n) is 3.36. The summed E-state index contributed by atoms with van der Waals surface area (Å²) in [5.74, 6) is 0. The van der Waals surface area contributed by atoms with Gasteiger partial charge in [-0.05, 0) is 60.2 Å². The predicted molar refractivity (Wildman–Crippen MR) is 118 cm³/mol. The molecular weight excluding hydrogens is 462 g/mol. The molecule has 0 radical (unpaired) electrons. The topological polar surface area (TPSA) is 127 Å². The normalized spacial score (nSPS) is 14.1. The van der Waals surface area contributed by atoms with Crippen molar-refractivity contribution in [1.82, 2.24) is 0 Å². The van der Waals surface area contributed by atoms with Crippen molar-refractivity contribution in [2.24, 2.45) is 0 Å². The minimum atomic E-state index is -3.96. The maximum atomic E-state index is 13.0. The van der Waals surface area contributed by atoms with Crippen LogP contribution in [0.3, 0.4) is 0 Å². The molecule has 0 amide bonds. The summed E-state index contributed by atoms with van der Waals surface area (Å²) >= 11 is 1.15. The third-order valence-corrected chi connectivity index (χ3v) is 9.39. The number of sulfonamides is 2. The molecule has 0 atom stereocenters. The van der Waals surface area contributed by atoms with Gasteiger partial charge in [0, 0.05) is 24.4 Å². The van der Waals surface area contributed by atoms with Gasteiger partial charge in [0.25, 0.3) is 25.7 Å². The van der Waals surface area contributed by atoms with Gasteiger partial charge in [-0.2, -0.15) is 0 Å². The average molecular weight is 480 g/mol. The number of hydrogen-bond acceptors (Lipinski definition) is 7. The SMILES string of the molecule is O=[N+]([O-])c1ccc(S(=O)(=O)Nc2ccc3c(c2)CCCN3S(=O)(=O)c2cccs2)cc1. The summed E-state index contributed by atoms with van der Waals surface area (Å²) in [6.45, 7) is 0.348. The number of aryl methyl sites for hydroxylation is 1. The molecule has 0 bridgehead atoms. The van der Waals surface area contributed by atoms with Crippen LogP contribution in [0.1, 0.15) is 12.0 Å². The van der Waals surface area contributed by atoms with Crippen LogP contribution in [0, 0.1) is 10.1 Å². The van der Waals surface area contributed by atoms with Crippen LogP contribution < -0.4 is 9.03 Å². The van der Waals surface area contributed by atoms with Gasteiger partial charge in [0.05, 0.1) is 15.5 Å². The highest BCUT2D eigenvalue weighted by Gasteiger charge is 2.30. The Hall–Kier alpha value is -2.96. The zero-order valence-electron chi connectivity index (χ0n) is 16.0. The first-order valence-electron chi connectivity index (χ1n) is 9.15. The van der Waals surface area contributed by atoms with Gasteiger partial charge >= 0.3 is 0 Å². The molecule has 1 aromatic heterocycles. The van der Waals surface area contributed by atoms with Crippen molar-refractivity contribution in [3.8, 4) is 0 Å². The molecule has 162 valence electrons. The van der Waals surface area contributed by atoms with Gasteiger partial charge in [-0.3, -0.25) is 19.1 Å². The number of nitro benzene ring substituents is 1. The smallest absolute Gasteiger partial charge is 0.273 e. The molecule has 0 spiro atoms. The van der Waals surface area contributed by atoms with Crippen LogP contribution in [0.25, 0.3) is 0 Å². The van der Waals surface area contributed by atoms with Gasteiger partial charge in [-0.1, -0.05) is 6.07 Å². The van der Waals surface area contributed by atoms with Gasteiger partial charge in [0.1, 0.15) is 4.21 Å². The van der Waals surface area contributed by atoms with Gasteiger partial charge in [-0.25, -0.2) is 16.8 Å². The summed E-state index contributed by atoms with van der Waals surface area (Å²) in [5.41, 5.74) is 1.32. The summed E-state index contributed by atoms with van der Waals surface area (Å²) in [4.78, 5) is 10.0. The van der Waals surface area contributed by atoms with Crippen molar-refractivity contribution in [3.63, 3.8) is 0 Å². The molecule has 0 saturated heterocycles. The van der Waals surface area contributed by atoms with Crippen molar-refractivity contribution in [2.75, 3.05) is 15.6 Å². The zero-order valence-corrected chi connectivity index (χ0v) is 18.4. The van der Waals surface area contributed by atoms with Gasteiger partial charge in [-0.15, -0.1) is 11.3 Å². The minimum absolute atomic E-state index is 0.113. The molecule has 2 heterocycles. The lowest BCUT2D eigenvalue weighted by Crippen LogP contribution is -2.35. The van der Waals surface area contributed by atoms with E-state index in [0.717, 1.165) is 41.2 Å². The van der Waals surface area contributed by atoms with E-state index in [1.807, 2.05) is 0 Å². The first-order valence-corrected chi connectivity index (χ1v) is 13.0. The van der Waals surface area contributed by atoms with Gasteiger partial charge < -0.3 is 0 Å². The number of nitro groups is 1. The number of rotatable bonds is 6. The lowest BCUT2D eigenvalue weighted by molar-refractivity contribution is -0.384. The first kappa shape index (κ1) is 21.3. The summed E-state index contributed by atoms with van der Waals surface area (Å²) < 4.78 is 55.3. The second-order valence-corrected chi connectivity index (χ2v) is 11.5. The van der Waals surface area contributed by atoms with E-state index in [1.54, 1.807) is 29.6 Å². The molecule has 2 aromatic carbocycles. The van der Waals surface area contributed by atoms with Gasteiger partial charge in [0.15, 0.2) is 0 Å². The molecule has 31 heavy (non-hydrogen) atoms.